The van der Waals surface area contributed by atoms with Crippen LogP contribution in [0.3, 0.4) is 0 Å². The lowest BCUT2D eigenvalue weighted by atomic mass is 10.2. The van der Waals surface area contributed by atoms with Crippen molar-refractivity contribution in [3.63, 3.8) is 0 Å². The third-order valence-electron chi connectivity index (χ3n) is 4.92. The highest BCUT2D eigenvalue weighted by Gasteiger charge is 2.25. The van der Waals surface area contributed by atoms with Crippen LogP contribution in [0.5, 0.6) is 0 Å². The number of rotatable bonds is 5. The second kappa shape index (κ2) is 8.94. The molecule has 0 radical (unpaired) electrons. The topological polar surface area (TPSA) is 81.8 Å². The standard InChI is InChI=1S/C18H28N4O3S/c23-18(15-21-13-9-19-10-14-21)20-16-5-7-17(8-6-16)26(24,25)22-11-3-1-2-4-12-22/h5-8,19H,1-4,9-15H2,(H,20,23). The number of nitrogens with zero attached hydrogens (tertiary/aromatic N) is 2. The van der Waals surface area contributed by atoms with E-state index in [1.807, 2.05) is 0 Å². The second-order valence-electron chi connectivity index (χ2n) is 6.92. The third-order valence-corrected chi connectivity index (χ3v) is 6.83. The Balaban J connectivity index is 1.59. The molecule has 0 unspecified atom stereocenters. The van der Waals surface area contributed by atoms with Crippen LogP contribution < -0.4 is 10.6 Å². The van der Waals surface area contributed by atoms with Crippen molar-refractivity contribution in [2.24, 2.45) is 0 Å². The molecule has 26 heavy (non-hydrogen) atoms. The Morgan fingerprint density at radius 3 is 2.19 bits per heavy atom. The summed E-state index contributed by atoms with van der Waals surface area (Å²) in [5.41, 5.74) is 0.625. The fourth-order valence-electron chi connectivity index (χ4n) is 3.41. The Kier molecular flexibility index (Phi) is 6.63. The molecule has 2 heterocycles. The first-order valence-electron chi connectivity index (χ1n) is 9.39. The van der Waals surface area contributed by atoms with Crippen LogP contribution in [0.1, 0.15) is 25.7 Å². The highest BCUT2D eigenvalue weighted by Crippen LogP contribution is 2.21. The molecule has 2 fully saturated rings. The molecule has 0 aliphatic carbocycles. The molecular formula is C18H28N4O3S. The van der Waals surface area contributed by atoms with E-state index in [4.69, 9.17) is 0 Å². The van der Waals surface area contributed by atoms with E-state index in [1.54, 1.807) is 28.6 Å². The maximum Gasteiger partial charge on any atom is 0.243 e. The van der Waals surface area contributed by atoms with Crippen LogP contribution in [0.25, 0.3) is 0 Å². The van der Waals surface area contributed by atoms with Crippen molar-refractivity contribution in [2.45, 2.75) is 30.6 Å². The molecule has 7 nitrogen and oxygen atoms in total. The molecular weight excluding hydrogens is 352 g/mol. The van der Waals surface area contributed by atoms with Gasteiger partial charge < -0.3 is 10.6 Å². The van der Waals surface area contributed by atoms with Crippen LogP contribution in [-0.4, -0.2) is 69.3 Å². The van der Waals surface area contributed by atoms with Crippen molar-refractivity contribution in [3.8, 4) is 0 Å². The molecule has 0 bridgehead atoms. The van der Waals surface area contributed by atoms with Gasteiger partial charge in [-0.15, -0.1) is 0 Å². The number of nitrogens with one attached hydrogen (secondary N) is 2. The summed E-state index contributed by atoms with van der Waals surface area (Å²) < 4.78 is 27.1. The molecule has 1 aromatic carbocycles. The van der Waals surface area contributed by atoms with Crippen LogP contribution in [0.15, 0.2) is 29.2 Å². The second-order valence-corrected chi connectivity index (χ2v) is 8.85. The van der Waals surface area contributed by atoms with Gasteiger partial charge in [0.1, 0.15) is 0 Å². The van der Waals surface area contributed by atoms with Crippen LogP contribution in [0.2, 0.25) is 0 Å². The maximum atomic E-state index is 12.8. The molecule has 0 saturated carbocycles. The van der Waals surface area contributed by atoms with Crippen molar-refractivity contribution >= 4 is 21.6 Å². The van der Waals surface area contributed by atoms with E-state index in [2.05, 4.69) is 15.5 Å². The normalized spacial score (nSPS) is 20.5. The molecule has 1 amide bonds. The van der Waals surface area contributed by atoms with Gasteiger partial charge in [-0.1, -0.05) is 12.8 Å². The minimum absolute atomic E-state index is 0.0741. The molecule has 8 heteroatoms. The number of amides is 1. The zero-order chi connectivity index (χ0) is 18.4. The first-order valence-corrected chi connectivity index (χ1v) is 10.8. The number of benzene rings is 1. The number of hydrogen-bond acceptors (Lipinski definition) is 5. The summed E-state index contributed by atoms with van der Waals surface area (Å²) in [7, 11) is -3.45. The average molecular weight is 381 g/mol. The Labute approximate surface area is 155 Å². The number of sulfonamides is 1. The molecule has 2 aliphatic rings. The van der Waals surface area contributed by atoms with Crippen molar-refractivity contribution in [3.05, 3.63) is 24.3 Å². The van der Waals surface area contributed by atoms with Crippen LogP contribution >= 0.6 is 0 Å². The van der Waals surface area contributed by atoms with E-state index in [0.717, 1.165) is 51.9 Å². The Morgan fingerprint density at radius 1 is 0.962 bits per heavy atom. The Bertz CT molecular complexity index is 692. The molecule has 0 spiro atoms. The molecule has 144 valence electrons. The quantitative estimate of drug-likeness (QED) is 0.799. The first-order chi connectivity index (χ1) is 12.6. The fraction of sp³-hybridized carbons (Fsp3) is 0.611. The number of carbonyl (C=O) groups is 1. The van der Waals surface area contributed by atoms with Gasteiger partial charge in [-0.3, -0.25) is 9.69 Å². The molecule has 3 rings (SSSR count). The molecule has 0 aromatic heterocycles. The fourth-order valence-corrected chi connectivity index (χ4v) is 4.93. The lowest BCUT2D eigenvalue weighted by Crippen LogP contribution is -2.46. The van der Waals surface area contributed by atoms with E-state index in [0.29, 0.717) is 30.2 Å². The first kappa shape index (κ1) is 19.3. The summed E-state index contributed by atoms with van der Waals surface area (Å²) in [4.78, 5) is 14.5. The van der Waals surface area contributed by atoms with Crippen molar-refractivity contribution in [2.75, 3.05) is 51.1 Å². The highest BCUT2D eigenvalue weighted by molar-refractivity contribution is 7.89. The van der Waals surface area contributed by atoms with Gasteiger partial charge in [-0.2, -0.15) is 4.31 Å². The highest BCUT2D eigenvalue weighted by atomic mass is 32.2. The third kappa shape index (κ3) is 5.03. The zero-order valence-electron chi connectivity index (χ0n) is 15.1. The monoisotopic (exact) mass is 380 g/mol. The summed E-state index contributed by atoms with van der Waals surface area (Å²) in [6.07, 6.45) is 4.01. The molecule has 2 N–H and O–H groups in total. The predicted octanol–water partition coefficient (Wildman–Crippen LogP) is 1.10. The van der Waals surface area contributed by atoms with Gasteiger partial charge in [-0.25, -0.2) is 8.42 Å². The van der Waals surface area contributed by atoms with E-state index < -0.39 is 10.0 Å². The van der Waals surface area contributed by atoms with Crippen LogP contribution in [-0.2, 0) is 14.8 Å². The van der Waals surface area contributed by atoms with Gasteiger partial charge in [-0.05, 0) is 37.1 Å². The van der Waals surface area contributed by atoms with Crippen molar-refractivity contribution in [1.82, 2.24) is 14.5 Å². The van der Waals surface area contributed by atoms with E-state index in [1.165, 1.54) is 0 Å². The summed E-state index contributed by atoms with van der Waals surface area (Å²) >= 11 is 0. The van der Waals surface area contributed by atoms with Gasteiger partial charge in [0.05, 0.1) is 11.4 Å². The molecule has 1 aromatic rings. The smallest absolute Gasteiger partial charge is 0.243 e. The van der Waals surface area contributed by atoms with E-state index in [9.17, 15) is 13.2 Å². The summed E-state index contributed by atoms with van der Waals surface area (Å²) in [6, 6.07) is 6.50. The Hall–Kier alpha value is -1.48. The predicted molar refractivity (Wildman–Crippen MR) is 102 cm³/mol. The van der Waals surface area contributed by atoms with Crippen LogP contribution in [0.4, 0.5) is 5.69 Å². The largest absolute Gasteiger partial charge is 0.325 e. The van der Waals surface area contributed by atoms with Crippen molar-refractivity contribution in [1.29, 1.82) is 0 Å². The number of piperazine rings is 1. The summed E-state index contributed by atoms with van der Waals surface area (Å²) in [6.45, 7) is 5.06. The number of hydrogen-bond donors (Lipinski definition) is 2. The molecule has 0 atom stereocenters. The molecule has 2 aliphatic heterocycles. The van der Waals surface area contributed by atoms with Crippen molar-refractivity contribution < 1.29 is 13.2 Å². The van der Waals surface area contributed by atoms with Crippen LogP contribution in [0, 0.1) is 0 Å². The average Bonchev–Trinajstić information content (AvgIpc) is 2.93. The molecule has 2 saturated heterocycles. The lowest BCUT2D eigenvalue weighted by molar-refractivity contribution is -0.117. The van der Waals surface area contributed by atoms with Gasteiger partial charge in [0.25, 0.3) is 0 Å². The Morgan fingerprint density at radius 2 is 1.58 bits per heavy atom. The number of anilines is 1. The minimum Gasteiger partial charge on any atom is -0.325 e. The minimum atomic E-state index is -3.45. The van der Waals surface area contributed by atoms with Gasteiger partial charge in [0.15, 0.2) is 0 Å². The van der Waals surface area contributed by atoms with E-state index >= 15 is 0 Å². The van der Waals surface area contributed by atoms with E-state index in [-0.39, 0.29) is 5.91 Å². The summed E-state index contributed by atoms with van der Waals surface area (Å²) in [5, 5.41) is 6.10. The maximum absolute atomic E-state index is 12.8. The van der Waals surface area contributed by atoms with Gasteiger partial charge >= 0.3 is 0 Å². The van der Waals surface area contributed by atoms with Gasteiger partial charge in [0.2, 0.25) is 15.9 Å². The number of carbonyl (C=O) groups excluding carboxylic acids is 1. The SMILES string of the molecule is O=C(CN1CCNCC1)Nc1ccc(S(=O)(=O)N2CCCCCC2)cc1. The zero-order valence-corrected chi connectivity index (χ0v) is 15.9. The van der Waals surface area contributed by atoms with Gasteiger partial charge in [0, 0.05) is 45.0 Å². The lowest BCUT2D eigenvalue weighted by Gasteiger charge is -2.26. The summed E-state index contributed by atoms with van der Waals surface area (Å²) in [5.74, 6) is -0.0741.